The number of carbonyl (C=O) groups excluding carboxylic acids is 2. The molecule has 1 saturated heterocycles. The van der Waals surface area contributed by atoms with Gasteiger partial charge in [0.2, 0.25) is 5.91 Å². The van der Waals surface area contributed by atoms with Crippen LogP contribution in [0.3, 0.4) is 0 Å². The third kappa shape index (κ3) is 5.55. The predicted octanol–water partition coefficient (Wildman–Crippen LogP) is 3.65. The Morgan fingerprint density at radius 2 is 1.86 bits per heavy atom. The summed E-state index contributed by atoms with van der Waals surface area (Å²) in [5.74, 6) is 0.0689. The molecule has 6 nitrogen and oxygen atoms in total. The number of aromatic nitrogens is 1. The summed E-state index contributed by atoms with van der Waals surface area (Å²) >= 11 is 1.55. The maximum Gasteiger partial charge on any atom is 0.317 e. The number of benzene rings is 1. The molecule has 0 unspecified atom stereocenters. The number of nitrogens with one attached hydrogen (secondary N) is 2. The van der Waals surface area contributed by atoms with Crippen molar-refractivity contribution >= 4 is 23.3 Å². The third-order valence-electron chi connectivity index (χ3n) is 4.66. The van der Waals surface area contributed by atoms with Gasteiger partial charge in [-0.15, -0.1) is 11.3 Å². The van der Waals surface area contributed by atoms with Gasteiger partial charge in [0, 0.05) is 35.5 Å². The van der Waals surface area contributed by atoms with Gasteiger partial charge in [-0.2, -0.15) is 0 Å². The van der Waals surface area contributed by atoms with Gasteiger partial charge in [-0.05, 0) is 33.6 Å². The van der Waals surface area contributed by atoms with Crippen LogP contribution in [0.25, 0.3) is 11.3 Å². The lowest BCUT2D eigenvalue weighted by Crippen LogP contribution is -2.49. The number of carbonyl (C=O) groups is 2. The zero-order valence-corrected chi connectivity index (χ0v) is 17.5. The largest absolute Gasteiger partial charge is 0.351 e. The molecule has 3 rings (SSSR count). The summed E-state index contributed by atoms with van der Waals surface area (Å²) in [5.41, 5.74) is 1.78. The molecular weight excluding hydrogens is 372 g/mol. The highest BCUT2D eigenvalue weighted by atomic mass is 32.1. The van der Waals surface area contributed by atoms with E-state index >= 15 is 0 Å². The Balaban J connectivity index is 1.45. The summed E-state index contributed by atoms with van der Waals surface area (Å²) < 4.78 is 0. The highest BCUT2D eigenvalue weighted by Gasteiger charge is 2.29. The molecule has 0 radical (unpaired) electrons. The predicted molar refractivity (Wildman–Crippen MR) is 112 cm³/mol. The number of urea groups is 1. The van der Waals surface area contributed by atoms with Crippen molar-refractivity contribution in [2.75, 3.05) is 13.1 Å². The van der Waals surface area contributed by atoms with Gasteiger partial charge in [-0.3, -0.25) is 4.79 Å². The molecular formula is C21H28N4O2S. The Bertz CT molecular complexity index is 805. The summed E-state index contributed by atoms with van der Waals surface area (Å²) in [6.45, 7) is 7.56. The van der Waals surface area contributed by atoms with Crippen molar-refractivity contribution in [2.45, 2.75) is 45.7 Å². The quantitative estimate of drug-likeness (QED) is 0.823. The number of rotatable bonds is 4. The normalized spacial score (nSPS) is 15.3. The van der Waals surface area contributed by atoms with Crippen LogP contribution in [0.4, 0.5) is 4.79 Å². The van der Waals surface area contributed by atoms with Crippen LogP contribution < -0.4 is 10.6 Å². The van der Waals surface area contributed by atoms with E-state index in [4.69, 9.17) is 0 Å². The summed E-state index contributed by atoms with van der Waals surface area (Å²) in [6.07, 6.45) is 1.40. The molecule has 1 fully saturated rings. The van der Waals surface area contributed by atoms with E-state index in [1.807, 2.05) is 56.5 Å². The molecule has 150 valence electrons. The van der Waals surface area contributed by atoms with Crippen molar-refractivity contribution in [2.24, 2.45) is 5.92 Å². The molecule has 2 N–H and O–H groups in total. The maximum absolute atomic E-state index is 12.4. The topological polar surface area (TPSA) is 74.3 Å². The number of piperidine rings is 1. The molecule has 1 aromatic heterocycles. The van der Waals surface area contributed by atoms with Gasteiger partial charge in [0.25, 0.3) is 0 Å². The van der Waals surface area contributed by atoms with Crippen molar-refractivity contribution in [3.63, 3.8) is 0 Å². The van der Waals surface area contributed by atoms with Crippen molar-refractivity contribution in [1.29, 1.82) is 0 Å². The first-order valence-electron chi connectivity index (χ1n) is 9.66. The first kappa shape index (κ1) is 20.3. The van der Waals surface area contributed by atoms with Crippen LogP contribution >= 0.6 is 11.3 Å². The average Bonchev–Trinajstić information content (AvgIpc) is 3.15. The molecule has 0 atom stereocenters. The second kappa shape index (κ2) is 8.73. The van der Waals surface area contributed by atoms with Crippen LogP contribution in [-0.2, 0) is 11.3 Å². The van der Waals surface area contributed by atoms with E-state index < -0.39 is 0 Å². The van der Waals surface area contributed by atoms with Gasteiger partial charge in [0.1, 0.15) is 5.01 Å². The first-order chi connectivity index (χ1) is 13.3. The fraction of sp³-hybridized carbons (Fsp3) is 0.476. The SMILES string of the molecule is CC(C)(C)NC(=O)C1CCN(C(=O)NCc2nc(-c3ccccc3)cs2)CC1. The zero-order chi connectivity index (χ0) is 20.1. The zero-order valence-electron chi connectivity index (χ0n) is 16.7. The number of nitrogens with zero attached hydrogens (tertiary/aromatic N) is 2. The lowest BCUT2D eigenvalue weighted by Gasteiger charge is -2.33. The number of likely N-dealkylation sites (tertiary alicyclic amines) is 1. The molecule has 1 aliphatic rings. The molecule has 28 heavy (non-hydrogen) atoms. The molecule has 7 heteroatoms. The summed E-state index contributed by atoms with van der Waals surface area (Å²) in [5, 5.41) is 8.87. The number of hydrogen-bond acceptors (Lipinski definition) is 4. The van der Waals surface area contributed by atoms with Crippen molar-refractivity contribution in [3.05, 3.63) is 40.7 Å². The molecule has 0 saturated carbocycles. The minimum absolute atomic E-state index is 0.0179. The van der Waals surface area contributed by atoms with E-state index in [-0.39, 0.29) is 23.4 Å². The molecule has 1 aromatic carbocycles. The number of hydrogen-bond donors (Lipinski definition) is 2. The molecule has 0 spiro atoms. The Hall–Kier alpha value is -2.41. The molecule has 3 amide bonds. The number of thiazole rings is 1. The third-order valence-corrected chi connectivity index (χ3v) is 5.51. The lowest BCUT2D eigenvalue weighted by atomic mass is 9.95. The smallest absolute Gasteiger partial charge is 0.317 e. The first-order valence-corrected chi connectivity index (χ1v) is 10.5. The fourth-order valence-corrected chi connectivity index (χ4v) is 3.96. The summed E-state index contributed by atoms with van der Waals surface area (Å²) in [7, 11) is 0. The second-order valence-corrected chi connectivity index (χ2v) is 9.09. The van der Waals surface area contributed by atoms with E-state index in [9.17, 15) is 9.59 Å². The van der Waals surface area contributed by atoms with Crippen LogP contribution in [0.2, 0.25) is 0 Å². The van der Waals surface area contributed by atoms with Crippen molar-refractivity contribution in [1.82, 2.24) is 20.5 Å². The van der Waals surface area contributed by atoms with Gasteiger partial charge in [0.05, 0.1) is 12.2 Å². The highest BCUT2D eigenvalue weighted by Crippen LogP contribution is 2.22. The number of amides is 3. The van der Waals surface area contributed by atoms with Crippen molar-refractivity contribution < 1.29 is 9.59 Å². The van der Waals surface area contributed by atoms with Crippen LogP contribution in [-0.4, -0.2) is 40.5 Å². The minimum Gasteiger partial charge on any atom is -0.351 e. The van der Waals surface area contributed by atoms with Gasteiger partial charge in [-0.1, -0.05) is 30.3 Å². The van der Waals surface area contributed by atoms with E-state index in [0.717, 1.165) is 16.3 Å². The summed E-state index contributed by atoms with van der Waals surface area (Å²) in [6, 6.07) is 9.91. The molecule has 0 bridgehead atoms. The molecule has 2 heterocycles. The van der Waals surface area contributed by atoms with Crippen molar-refractivity contribution in [3.8, 4) is 11.3 Å². The lowest BCUT2D eigenvalue weighted by molar-refractivity contribution is -0.127. The van der Waals surface area contributed by atoms with Crippen LogP contribution in [0.15, 0.2) is 35.7 Å². The average molecular weight is 401 g/mol. The molecule has 0 aliphatic carbocycles. The molecule has 1 aliphatic heterocycles. The molecule has 2 aromatic rings. The van der Waals surface area contributed by atoms with Crippen LogP contribution in [0.5, 0.6) is 0 Å². The van der Waals surface area contributed by atoms with Gasteiger partial charge < -0.3 is 15.5 Å². The second-order valence-electron chi connectivity index (χ2n) is 8.15. The maximum atomic E-state index is 12.4. The Morgan fingerprint density at radius 1 is 1.18 bits per heavy atom. The van der Waals surface area contributed by atoms with E-state index in [0.29, 0.717) is 32.5 Å². The monoisotopic (exact) mass is 400 g/mol. The Kier molecular flexibility index (Phi) is 6.34. The van der Waals surface area contributed by atoms with E-state index in [2.05, 4.69) is 15.6 Å². The van der Waals surface area contributed by atoms with Gasteiger partial charge in [-0.25, -0.2) is 9.78 Å². The minimum atomic E-state index is -0.224. The van der Waals surface area contributed by atoms with Gasteiger partial charge >= 0.3 is 6.03 Å². The fourth-order valence-electron chi connectivity index (χ4n) is 3.21. The van der Waals surface area contributed by atoms with Crippen LogP contribution in [0, 0.1) is 5.92 Å². The highest BCUT2D eigenvalue weighted by molar-refractivity contribution is 7.09. The van der Waals surface area contributed by atoms with E-state index in [1.165, 1.54) is 0 Å². The van der Waals surface area contributed by atoms with E-state index in [1.54, 1.807) is 16.2 Å². The Morgan fingerprint density at radius 3 is 2.50 bits per heavy atom. The standard InChI is InChI=1S/C21H28N4O2S/c1-21(2,3)24-19(26)16-9-11-25(12-10-16)20(27)22-13-18-23-17(14-28-18)15-7-5-4-6-8-15/h4-8,14,16H,9-13H2,1-3H3,(H,22,27)(H,24,26). The Labute approximate surface area is 170 Å². The summed E-state index contributed by atoms with van der Waals surface area (Å²) in [4.78, 5) is 31.1. The van der Waals surface area contributed by atoms with Crippen LogP contribution in [0.1, 0.15) is 38.6 Å². The van der Waals surface area contributed by atoms with Gasteiger partial charge in [0.15, 0.2) is 0 Å².